The first-order valence-electron chi connectivity index (χ1n) is 30.6. The minimum absolute atomic E-state index is 0.00926. The number of carbonyl (C=O) groups is 7. The number of carboxylic acids is 1. The number of ether oxygens (including phenoxy) is 6. The standard InChI is InChI=1S/C63H95N5O16/c1-15-29-79-45(71)24-21-40-51-38(7)55-60(11,28-27-48(74)82-32-18-4)43(35-49(75)83-33-19-5)57(66-55)63(14)62(13,37-50(76)84-34-20-6)42(23-26-47(73)81-31-17-3)52(67-63)39(8)56-61(12,36-44(69)70)41(22-25-46(72)80-30-16-2)53(65-56)54(68(77)78)58(64-51)59(40,9)10/h40-43,57,65H,15-37H2,1-14H3,(H,69,70)/b51-38?,54-53?,56-39-/t40-,41-,42-,43+,57-,60-,61+,62+,63+/m1/s1. The second kappa shape index (κ2) is 29.2. The summed E-state index contributed by atoms with van der Waals surface area (Å²) in [4.78, 5) is 128. The fourth-order valence-electron chi connectivity index (χ4n) is 13.7. The van der Waals surface area contributed by atoms with Crippen LogP contribution in [-0.4, -0.2) is 120 Å². The molecule has 5 rings (SSSR count). The molecule has 0 aromatic heterocycles. The summed E-state index contributed by atoms with van der Waals surface area (Å²) in [5, 5.41) is 28.9. The van der Waals surface area contributed by atoms with Crippen molar-refractivity contribution in [3.05, 3.63) is 44.0 Å². The molecular weight excluding hydrogens is 1080 g/mol. The van der Waals surface area contributed by atoms with Gasteiger partial charge in [0.1, 0.15) is 5.71 Å². The van der Waals surface area contributed by atoms with Crippen molar-refractivity contribution >= 4 is 58.9 Å². The van der Waals surface area contributed by atoms with Crippen LogP contribution in [0.3, 0.4) is 0 Å². The topological polar surface area (TPSA) is 287 Å². The van der Waals surface area contributed by atoms with Gasteiger partial charge in [0.05, 0.1) is 81.1 Å². The lowest BCUT2D eigenvalue weighted by atomic mass is 9.55. The number of aliphatic imine (C=N–C) groups is 3. The summed E-state index contributed by atoms with van der Waals surface area (Å²) in [6.45, 7) is 26.7. The lowest BCUT2D eigenvalue weighted by Crippen LogP contribution is -2.55. The Kier molecular flexibility index (Phi) is 23.8. The van der Waals surface area contributed by atoms with Gasteiger partial charge in [-0.3, -0.25) is 53.7 Å². The second-order valence-electron chi connectivity index (χ2n) is 24.8. The fraction of sp³-hybridized carbons (Fsp3) is 0.746. The van der Waals surface area contributed by atoms with E-state index in [0.29, 0.717) is 66.8 Å². The van der Waals surface area contributed by atoms with Crippen molar-refractivity contribution < 1.29 is 72.0 Å². The highest BCUT2D eigenvalue weighted by Crippen LogP contribution is 2.63. The first-order valence-corrected chi connectivity index (χ1v) is 30.6. The number of fused-ring (bicyclic) bond motifs is 6. The zero-order valence-electron chi connectivity index (χ0n) is 52.5. The number of hydrogen-bond acceptors (Lipinski definition) is 19. The molecule has 0 unspecified atom stereocenters. The maximum Gasteiger partial charge on any atom is 0.310 e. The fourth-order valence-corrected chi connectivity index (χ4v) is 13.7. The molecule has 21 nitrogen and oxygen atoms in total. The predicted octanol–water partition coefficient (Wildman–Crippen LogP) is 10.7. The number of rotatable bonds is 31. The molecule has 5 aliphatic rings. The van der Waals surface area contributed by atoms with E-state index in [1.807, 2.05) is 83.1 Å². The average molecular weight is 1180 g/mol. The molecule has 0 radical (unpaired) electrons. The minimum atomic E-state index is -1.55. The normalized spacial score (nSPS) is 28.5. The molecule has 5 aliphatic heterocycles. The molecular formula is C63H95N5O16. The van der Waals surface area contributed by atoms with Gasteiger partial charge in [-0.1, -0.05) is 76.2 Å². The third-order valence-corrected chi connectivity index (χ3v) is 18.3. The summed E-state index contributed by atoms with van der Waals surface area (Å²) in [6.07, 6.45) is 1.72. The lowest BCUT2D eigenvalue weighted by Gasteiger charge is -2.48. The summed E-state index contributed by atoms with van der Waals surface area (Å²) >= 11 is 0. The molecule has 0 amide bonds. The van der Waals surface area contributed by atoms with Gasteiger partial charge in [0.25, 0.3) is 0 Å². The van der Waals surface area contributed by atoms with Crippen molar-refractivity contribution in [1.82, 2.24) is 5.32 Å². The summed E-state index contributed by atoms with van der Waals surface area (Å²) in [7, 11) is 0. The van der Waals surface area contributed by atoms with Crippen molar-refractivity contribution in [3.8, 4) is 0 Å². The molecule has 0 spiro atoms. The van der Waals surface area contributed by atoms with E-state index in [4.69, 9.17) is 43.4 Å². The predicted molar refractivity (Wildman–Crippen MR) is 315 cm³/mol. The molecule has 0 aromatic rings. The van der Waals surface area contributed by atoms with E-state index >= 15 is 0 Å². The quantitative estimate of drug-likeness (QED) is 0.0282. The van der Waals surface area contributed by atoms with Gasteiger partial charge in [-0.05, 0) is 96.1 Å². The van der Waals surface area contributed by atoms with E-state index in [1.54, 1.807) is 13.8 Å². The first kappa shape index (κ1) is 68.5. The Morgan fingerprint density at radius 3 is 1.51 bits per heavy atom. The van der Waals surface area contributed by atoms with Crippen LogP contribution in [0.4, 0.5) is 0 Å². The maximum atomic E-state index is 14.6. The number of nitrogens with zero attached hydrogens (tertiary/aromatic N) is 4. The van der Waals surface area contributed by atoms with E-state index in [-0.39, 0.29) is 121 Å². The monoisotopic (exact) mass is 1180 g/mol. The van der Waals surface area contributed by atoms with E-state index < -0.39 is 116 Å². The summed E-state index contributed by atoms with van der Waals surface area (Å²) in [5.41, 5.74) is -5.10. The van der Waals surface area contributed by atoms with E-state index in [9.17, 15) is 48.8 Å². The molecule has 0 saturated carbocycles. The highest BCUT2D eigenvalue weighted by Gasteiger charge is 2.67. The van der Waals surface area contributed by atoms with E-state index in [2.05, 4.69) is 5.32 Å². The molecule has 84 heavy (non-hydrogen) atoms. The Bertz CT molecular complexity index is 2700. The molecule has 468 valence electrons. The number of aliphatic carboxylic acids is 1. The Balaban J connectivity index is 2.09. The number of esters is 6. The Hall–Kier alpha value is -6.28. The smallest absolute Gasteiger partial charge is 0.310 e. The minimum Gasteiger partial charge on any atom is -0.481 e. The van der Waals surface area contributed by atoms with Crippen LogP contribution >= 0.6 is 0 Å². The van der Waals surface area contributed by atoms with Gasteiger partial charge >= 0.3 is 47.5 Å². The molecule has 1 fully saturated rings. The third-order valence-electron chi connectivity index (χ3n) is 18.3. The van der Waals surface area contributed by atoms with E-state index in [0.717, 1.165) is 0 Å². The highest BCUT2D eigenvalue weighted by atomic mass is 16.6. The van der Waals surface area contributed by atoms with Gasteiger partial charge in [-0.25, -0.2) is 4.99 Å². The molecule has 0 aliphatic carbocycles. The first-order chi connectivity index (χ1) is 39.6. The molecule has 0 aromatic carbocycles. The van der Waals surface area contributed by atoms with Crippen molar-refractivity contribution in [1.29, 1.82) is 0 Å². The SMILES string of the molecule is CCCOC(=O)CC[C@@H]1C2=C(C)C3=N[C@H]([C@H](CC(=O)OCCC)[C@@]3(C)CCC(=O)OCCC)[C@]3(C)N=C(/C(C)=C4\NC(=C([N+](=O)[O-])C(=N2)C1(C)C)[C@@H](CCC(=O)OCCC)[C@]4(C)CC(=O)O)[C@@H](CCC(=O)OCCC)[C@]3(C)CC(=O)OCCC. The van der Waals surface area contributed by atoms with Crippen molar-refractivity contribution in [2.75, 3.05) is 39.6 Å². The molecule has 8 bridgehead atoms. The average Bonchev–Trinajstić information content (AvgIpc) is 1.57. The number of carboxylic acid groups (broad SMARTS) is 1. The zero-order valence-corrected chi connectivity index (χ0v) is 52.5. The van der Waals surface area contributed by atoms with Crippen LogP contribution in [0.5, 0.6) is 0 Å². The summed E-state index contributed by atoms with van der Waals surface area (Å²) in [5.74, 6) is -7.91. The number of allylic oxidation sites excluding steroid dienone is 6. The van der Waals surface area contributed by atoms with Gasteiger partial charge in [0, 0.05) is 93.8 Å². The van der Waals surface area contributed by atoms with Crippen molar-refractivity contribution in [2.24, 2.45) is 60.3 Å². The van der Waals surface area contributed by atoms with Crippen LogP contribution in [0.15, 0.2) is 48.9 Å². The van der Waals surface area contributed by atoms with Gasteiger partial charge in [0.2, 0.25) is 0 Å². The molecule has 2 N–H and O–H groups in total. The van der Waals surface area contributed by atoms with Crippen LogP contribution < -0.4 is 5.32 Å². The molecule has 1 saturated heterocycles. The third kappa shape index (κ3) is 14.5. The van der Waals surface area contributed by atoms with E-state index in [1.165, 1.54) is 0 Å². The zero-order chi connectivity index (χ0) is 62.5. The Morgan fingerprint density at radius 1 is 0.583 bits per heavy atom. The Labute approximate surface area is 496 Å². The van der Waals surface area contributed by atoms with Crippen molar-refractivity contribution in [3.63, 3.8) is 0 Å². The van der Waals surface area contributed by atoms with Crippen LogP contribution in [0.1, 0.15) is 206 Å². The molecule has 21 heteroatoms. The van der Waals surface area contributed by atoms with Gasteiger partial charge in [-0.15, -0.1) is 0 Å². The van der Waals surface area contributed by atoms with Gasteiger partial charge in [0.15, 0.2) is 0 Å². The van der Waals surface area contributed by atoms with Crippen LogP contribution in [0.25, 0.3) is 0 Å². The Morgan fingerprint density at radius 2 is 1.04 bits per heavy atom. The van der Waals surface area contributed by atoms with Crippen LogP contribution in [0.2, 0.25) is 0 Å². The number of nitrogens with one attached hydrogen (secondary N) is 1. The van der Waals surface area contributed by atoms with Crippen LogP contribution in [0, 0.1) is 55.4 Å². The largest absolute Gasteiger partial charge is 0.481 e. The number of carbonyl (C=O) groups excluding carboxylic acids is 6. The van der Waals surface area contributed by atoms with Gasteiger partial charge in [-0.2, -0.15) is 0 Å². The summed E-state index contributed by atoms with van der Waals surface area (Å²) in [6, 6.07) is -1.03. The van der Waals surface area contributed by atoms with Crippen LogP contribution in [-0.2, 0) is 62.0 Å². The second-order valence-corrected chi connectivity index (χ2v) is 24.8. The van der Waals surface area contributed by atoms with Crippen molar-refractivity contribution in [2.45, 2.75) is 218 Å². The number of hydrogen-bond donors (Lipinski definition) is 2. The highest BCUT2D eigenvalue weighted by molar-refractivity contribution is 6.11. The van der Waals surface area contributed by atoms with Gasteiger partial charge < -0.3 is 38.8 Å². The number of nitro groups is 1. The molecule has 9 atom stereocenters. The lowest BCUT2D eigenvalue weighted by molar-refractivity contribution is -0.417. The molecule has 5 heterocycles. The summed E-state index contributed by atoms with van der Waals surface area (Å²) < 4.78 is 34.2. The maximum absolute atomic E-state index is 14.6.